The molecule has 0 unspecified atom stereocenters. The molecule has 0 aromatic carbocycles. The van der Waals surface area contributed by atoms with E-state index in [4.69, 9.17) is 0 Å². The van der Waals surface area contributed by atoms with Crippen molar-refractivity contribution in [1.82, 2.24) is 0 Å². The molecule has 0 amide bonds. The molecule has 0 spiro atoms. The number of carbonyl (C=O) groups excluding carboxylic acids is 1. The zero-order valence-electron chi connectivity index (χ0n) is 5.93. The molecule has 0 aliphatic carbocycles. The average Bonchev–Trinajstić information content (AvgIpc) is 1.89. The van der Waals surface area contributed by atoms with Crippen LogP contribution in [0.15, 0.2) is 0 Å². The first-order valence-corrected chi connectivity index (χ1v) is 3.52. The lowest BCUT2D eigenvalue weighted by atomic mass is 10.2. The van der Waals surface area contributed by atoms with Gasteiger partial charge in [-0.2, -0.15) is 4.58 Å². The third-order valence-corrected chi connectivity index (χ3v) is 1.24. The molecule has 0 aromatic rings. The summed E-state index contributed by atoms with van der Waals surface area (Å²) in [7, 11) is 0. The zero-order valence-corrected chi connectivity index (χ0v) is 5.93. The number of rotatable bonds is 5. The van der Waals surface area contributed by atoms with E-state index in [2.05, 4.69) is 11.5 Å². The van der Waals surface area contributed by atoms with E-state index in [0.29, 0.717) is 0 Å². The SMILES string of the molecule is CCCCCCC=[O+][O-]. The summed E-state index contributed by atoms with van der Waals surface area (Å²) < 4.78 is 3.55. The third-order valence-electron chi connectivity index (χ3n) is 1.24. The number of hydrogen-bond donors (Lipinski definition) is 0. The van der Waals surface area contributed by atoms with Crippen LogP contribution in [0.5, 0.6) is 0 Å². The van der Waals surface area contributed by atoms with Gasteiger partial charge in [-0.05, 0) is 6.42 Å². The minimum Gasteiger partial charge on any atom is -0.463 e. The second-order valence-electron chi connectivity index (χ2n) is 2.11. The van der Waals surface area contributed by atoms with Crippen molar-refractivity contribution >= 4 is 6.29 Å². The molecule has 0 aromatic heterocycles. The standard InChI is InChI=1S/C7H14O2/c1-2-3-4-5-6-7-9-8/h7H,2-6H2,1H3. The molecule has 54 valence electrons. The van der Waals surface area contributed by atoms with Crippen molar-refractivity contribution in [1.29, 1.82) is 0 Å². The molecule has 0 rings (SSSR count). The Labute approximate surface area is 56.1 Å². The average molecular weight is 130 g/mol. The highest BCUT2D eigenvalue weighted by atomic mass is 17.1. The van der Waals surface area contributed by atoms with Crippen molar-refractivity contribution < 1.29 is 9.83 Å². The van der Waals surface area contributed by atoms with Crippen LogP contribution in [0, 0.1) is 0 Å². The summed E-state index contributed by atoms with van der Waals surface area (Å²) in [6.45, 7) is 2.16. The highest BCUT2D eigenvalue weighted by Crippen LogP contribution is 1.99. The van der Waals surface area contributed by atoms with Crippen LogP contribution in [0.1, 0.15) is 39.0 Å². The first kappa shape index (κ1) is 8.47. The lowest BCUT2D eigenvalue weighted by Crippen LogP contribution is -1.96. The van der Waals surface area contributed by atoms with Gasteiger partial charge in [0, 0.05) is 0 Å². The minimum absolute atomic E-state index is 0.795. The van der Waals surface area contributed by atoms with Crippen LogP contribution >= 0.6 is 0 Å². The predicted molar refractivity (Wildman–Crippen MR) is 34.8 cm³/mol. The molecule has 0 radical (unpaired) electrons. The number of unbranched alkanes of at least 4 members (excludes halogenated alkanes) is 4. The Hall–Kier alpha value is -0.530. The van der Waals surface area contributed by atoms with Crippen LogP contribution in [-0.2, 0) is 4.58 Å². The molecule has 0 heterocycles. The van der Waals surface area contributed by atoms with Gasteiger partial charge in [-0.3, -0.25) is 0 Å². The molecule has 0 aliphatic heterocycles. The van der Waals surface area contributed by atoms with E-state index < -0.39 is 0 Å². The third kappa shape index (κ3) is 7.47. The lowest BCUT2D eigenvalue weighted by molar-refractivity contribution is -1.04. The summed E-state index contributed by atoms with van der Waals surface area (Å²) in [5, 5.41) is 9.41. The van der Waals surface area contributed by atoms with Crippen molar-refractivity contribution in [3.8, 4) is 0 Å². The molecule has 0 bridgehead atoms. The van der Waals surface area contributed by atoms with Crippen molar-refractivity contribution in [2.24, 2.45) is 0 Å². The number of aldehydes is 1. The van der Waals surface area contributed by atoms with Crippen molar-refractivity contribution in [2.45, 2.75) is 39.0 Å². The minimum atomic E-state index is 0.795. The maximum atomic E-state index is 9.41. The van der Waals surface area contributed by atoms with Gasteiger partial charge in [0.05, 0.1) is 6.42 Å². The zero-order chi connectivity index (χ0) is 6.95. The molecule has 0 N–H and O–H groups in total. The van der Waals surface area contributed by atoms with Crippen molar-refractivity contribution in [2.75, 3.05) is 0 Å². The van der Waals surface area contributed by atoms with Crippen LogP contribution < -0.4 is 5.26 Å². The lowest BCUT2D eigenvalue weighted by Gasteiger charge is -1.89. The molecule has 0 saturated carbocycles. The fourth-order valence-corrected chi connectivity index (χ4v) is 0.703. The van der Waals surface area contributed by atoms with Gasteiger partial charge >= 0.3 is 6.29 Å². The fourth-order valence-electron chi connectivity index (χ4n) is 0.703. The monoisotopic (exact) mass is 130 g/mol. The second kappa shape index (κ2) is 7.47. The smallest absolute Gasteiger partial charge is 0.318 e. The van der Waals surface area contributed by atoms with E-state index in [1.165, 1.54) is 25.5 Å². The summed E-state index contributed by atoms with van der Waals surface area (Å²) >= 11 is 0. The van der Waals surface area contributed by atoms with Gasteiger partial charge in [-0.1, -0.05) is 26.2 Å². The van der Waals surface area contributed by atoms with Crippen molar-refractivity contribution in [3.05, 3.63) is 0 Å². The van der Waals surface area contributed by atoms with Crippen LogP contribution in [0.25, 0.3) is 0 Å². The number of hydrogen-bond acceptors (Lipinski definition) is 1. The summed E-state index contributed by atoms with van der Waals surface area (Å²) in [6.07, 6.45) is 6.89. The van der Waals surface area contributed by atoms with Gasteiger partial charge in [0.15, 0.2) is 0 Å². The maximum absolute atomic E-state index is 9.41. The molecule has 0 saturated heterocycles. The van der Waals surface area contributed by atoms with Gasteiger partial charge in [-0.15, -0.1) is 0 Å². The Bertz CT molecular complexity index is 69.3. The summed E-state index contributed by atoms with van der Waals surface area (Å²) in [5.74, 6) is 0. The summed E-state index contributed by atoms with van der Waals surface area (Å²) in [4.78, 5) is 0. The van der Waals surface area contributed by atoms with E-state index in [9.17, 15) is 5.26 Å². The van der Waals surface area contributed by atoms with Gasteiger partial charge in [-0.25, -0.2) is 0 Å². The Balaban J connectivity index is 2.75. The fraction of sp³-hybridized carbons (Fsp3) is 0.857. The molecular weight excluding hydrogens is 116 g/mol. The Kier molecular flexibility index (Phi) is 7.03. The highest BCUT2D eigenvalue weighted by molar-refractivity contribution is 5.49. The van der Waals surface area contributed by atoms with Crippen LogP contribution in [0.3, 0.4) is 0 Å². The van der Waals surface area contributed by atoms with E-state index in [0.717, 1.165) is 12.8 Å². The molecular formula is C7H14O2. The summed E-state index contributed by atoms with van der Waals surface area (Å²) in [5.41, 5.74) is 0. The van der Waals surface area contributed by atoms with Crippen molar-refractivity contribution in [3.63, 3.8) is 0 Å². The van der Waals surface area contributed by atoms with E-state index in [1.807, 2.05) is 0 Å². The first-order chi connectivity index (χ1) is 4.41. The van der Waals surface area contributed by atoms with Crippen LogP contribution in [-0.4, -0.2) is 6.29 Å². The predicted octanol–water partition coefficient (Wildman–Crippen LogP) is 0.967. The molecule has 9 heavy (non-hydrogen) atoms. The van der Waals surface area contributed by atoms with Gasteiger partial charge in [0.2, 0.25) is 0 Å². The molecule has 0 fully saturated rings. The van der Waals surface area contributed by atoms with E-state index in [1.54, 1.807) is 0 Å². The first-order valence-electron chi connectivity index (χ1n) is 3.52. The van der Waals surface area contributed by atoms with E-state index >= 15 is 0 Å². The van der Waals surface area contributed by atoms with Gasteiger partial charge in [0.1, 0.15) is 0 Å². The van der Waals surface area contributed by atoms with Crippen LogP contribution in [0.4, 0.5) is 0 Å². The second-order valence-corrected chi connectivity index (χ2v) is 2.11. The molecule has 0 aliphatic rings. The Morgan fingerprint density at radius 1 is 1.33 bits per heavy atom. The molecule has 2 heteroatoms. The molecule has 0 atom stereocenters. The highest BCUT2D eigenvalue weighted by Gasteiger charge is 1.87. The largest absolute Gasteiger partial charge is 0.463 e. The quantitative estimate of drug-likeness (QED) is 0.179. The summed E-state index contributed by atoms with van der Waals surface area (Å²) in [6, 6.07) is 0. The normalized spacial score (nSPS) is 10.8. The topological polar surface area (TPSA) is 34.4 Å². The molecule has 2 nitrogen and oxygen atoms in total. The van der Waals surface area contributed by atoms with Crippen LogP contribution in [0.2, 0.25) is 0 Å². The Morgan fingerprint density at radius 3 is 2.67 bits per heavy atom. The van der Waals surface area contributed by atoms with Gasteiger partial charge < -0.3 is 5.26 Å². The van der Waals surface area contributed by atoms with Gasteiger partial charge in [0.25, 0.3) is 0 Å². The maximum Gasteiger partial charge on any atom is 0.318 e. The van der Waals surface area contributed by atoms with E-state index in [-0.39, 0.29) is 0 Å². The Morgan fingerprint density at radius 2 is 2.11 bits per heavy atom.